The SMILES string of the molecule is Cc1cc(C)c(-n2c(C)nnc2-c2[c-]ccc(Br)c2)c(C)c1.[C-]#[N+]c1cc[c-]c(-c2nnc([N+]#[C-])n2-c2c(C)cc(C)cc2C)c1.[Ir].[Ir]. The first-order valence-electron chi connectivity index (χ1n) is 14.5. The topological polar surface area (TPSA) is 70.1 Å². The van der Waals surface area contributed by atoms with Gasteiger partial charge in [0.2, 0.25) is 0 Å². The Morgan fingerprint density at radius 1 is 0.604 bits per heavy atom. The average molecular weight is 1050 g/mol. The Labute approximate surface area is 317 Å². The molecule has 0 bridgehead atoms. The predicted molar refractivity (Wildman–Crippen MR) is 185 cm³/mol. The van der Waals surface area contributed by atoms with Crippen molar-refractivity contribution in [2.45, 2.75) is 48.5 Å². The van der Waals surface area contributed by atoms with Crippen LogP contribution in [0, 0.1) is 73.7 Å². The Hall–Kier alpha value is -4.08. The Bertz CT molecular complexity index is 2140. The molecule has 6 aromatic rings. The van der Waals surface area contributed by atoms with Gasteiger partial charge in [-0.05, 0) is 75.8 Å². The van der Waals surface area contributed by atoms with E-state index >= 15 is 0 Å². The first-order chi connectivity index (χ1) is 22.0. The molecule has 0 atom stereocenters. The summed E-state index contributed by atoms with van der Waals surface area (Å²) >= 11 is 3.51. The molecule has 4 aromatic carbocycles. The molecular weight excluding hydrogens is 1020 g/mol. The first-order valence-corrected chi connectivity index (χ1v) is 15.3. The van der Waals surface area contributed by atoms with Gasteiger partial charge >= 0.3 is 5.95 Å². The maximum atomic E-state index is 7.41. The molecule has 0 unspecified atom stereocenters. The minimum atomic E-state index is 0. The quantitative estimate of drug-likeness (QED) is 0.165. The maximum absolute atomic E-state index is 7.41. The smallest absolute Gasteiger partial charge is 0.357 e. The van der Waals surface area contributed by atoms with Gasteiger partial charge in [-0.3, -0.25) is 9.41 Å². The second kappa shape index (κ2) is 16.3. The fraction of sp³-hybridized carbons (Fsp3) is 0.189. The van der Waals surface area contributed by atoms with E-state index in [-0.39, 0.29) is 46.2 Å². The monoisotopic (exact) mass is 1050 g/mol. The summed E-state index contributed by atoms with van der Waals surface area (Å²) in [5.41, 5.74) is 11.1. The molecule has 0 aliphatic rings. The van der Waals surface area contributed by atoms with E-state index in [1.807, 2.05) is 45.9 Å². The summed E-state index contributed by atoms with van der Waals surface area (Å²) in [5, 5.41) is 16.8. The largest absolute Gasteiger partial charge is 0.395 e. The third-order valence-corrected chi connectivity index (χ3v) is 7.94. The van der Waals surface area contributed by atoms with Gasteiger partial charge in [-0.15, -0.1) is 70.4 Å². The van der Waals surface area contributed by atoms with E-state index in [2.05, 4.69) is 108 Å². The summed E-state index contributed by atoms with van der Waals surface area (Å²) in [5.74, 6) is 2.40. The molecule has 2 aromatic heterocycles. The van der Waals surface area contributed by atoms with E-state index in [0.29, 0.717) is 17.1 Å². The van der Waals surface area contributed by atoms with Crippen LogP contribution in [0.25, 0.3) is 43.8 Å². The Kier molecular flexibility index (Phi) is 13.1. The third-order valence-electron chi connectivity index (χ3n) is 7.45. The Morgan fingerprint density at radius 2 is 1.08 bits per heavy atom. The number of benzene rings is 4. The Balaban J connectivity index is 0.000000251. The van der Waals surface area contributed by atoms with Crippen LogP contribution in [0.2, 0.25) is 0 Å². The number of aromatic nitrogens is 6. The standard InChI is InChI=1S/C19H14N5.C18H17BrN3.2Ir/c1-12-9-13(2)17(14(3)10-12)24-18(22-23-19(24)21-5)15-7-6-8-16(11-15)20-4;1-11-8-12(2)17(13(3)9-11)22-14(4)20-21-18(22)15-6-5-7-16(19)10-15;;/h6,8-11H,1-3H3;5,7-10H,1-4H3;;/q2*-1;;. The maximum Gasteiger partial charge on any atom is 0.357 e. The van der Waals surface area contributed by atoms with Gasteiger partial charge in [0.25, 0.3) is 0 Å². The van der Waals surface area contributed by atoms with Crippen molar-refractivity contribution in [1.29, 1.82) is 0 Å². The van der Waals surface area contributed by atoms with E-state index in [1.54, 1.807) is 22.8 Å². The molecule has 246 valence electrons. The van der Waals surface area contributed by atoms with Gasteiger partial charge in [0, 0.05) is 45.9 Å². The minimum Gasteiger partial charge on any atom is -0.395 e. The van der Waals surface area contributed by atoms with E-state index in [0.717, 1.165) is 49.8 Å². The minimum absolute atomic E-state index is 0. The van der Waals surface area contributed by atoms with Crippen LogP contribution in [-0.4, -0.2) is 29.5 Å². The number of hydrogen-bond donors (Lipinski definition) is 0. The molecule has 0 amide bonds. The third kappa shape index (κ3) is 7.96. The van der Waals surface area contributed by atoms with Crippen LogP contribution in [0.5, 0.6) is 0 Å². The van der Waals surface area contributed by atoms with Crippen LogP contribution in [0.3, 0.4) is 0 Å². The van der Waals surface area contributed by atoms with Crippen LogP contribution in [0.1, 0.15) is 39.2 Å². The van der Waals surface area contributed by atoms with Crippen LogP contribution in [0.15, 0.2) is 65.1 Å². The predicted octanol–water partition coefficient (Wildman–Crippen LogP) is 9.49. The summed E-state index contributed by atoms with van der Waals surface area (Å²) < 4.78 is 4.87. The van der Waals surface area contributed by atoms with Crippen molar-refractivity contribution in [3.05, 3.63) is 139 Å². The fourth-order valence-electron chi connectivity index (χ4n) is 5.80. The summed E-state index contributed by atoms with van der Waals surface area (Å²) in [6.45, 7) is 29.0. The zero-order chi connectivity index (χ0) is 33.1. The number of aryl methyl sites for hydroxylation is 7. The molecule has 0 aliphatic heterocycles. The van der Waals surface area contributed by atoms with Gasteiger partial charge in [0.1, 0.15) is 17.3 Å². The summed E-state index contributed by atoms with van der Waals surface area (Å²) in [6.07, 6.45) is 0. The molecule has 6 rings (SSSR count). The summed E-state index contributed by atoms with van der Waals surface area (Å²) in [4.78, 5) is 6.95. The van der Waals surface area contributed by atoms with E-state index in [9.17, 15) is 0 Å². The fourth-order valence-corrected chi connectivity index (χ4v) is 6.17. The second-order valence-corrected chi connectivity index (χ2v) is 12.1. The van der Waals surface area contributed by atoms with E-state index in [1.165, 1.54) is 16.7 Å². The van der Waals surface area contributed by atoms with E-state index < -0.39 is 0 Å². The molecule has 0 N–H and O–H groups in total. The molecule has 0 spiro atoms. The number of rotatable bonds is 4. The molecule has 8 nitrogen and oxygen atoms in total. The van der Waals surface area contributed by atoms with Gasteiger partial charge in [0.15, 0.2) is 0 Å². The molecule has 2 heterocycles. The van der Waals surface area contributed by atoms with Crippen LogP contribution < -0.4 is 0 Å². The van der Waals surface area contributed by atoms with Gasteiger partial charge in [-0.2, -0.15) is 11.2 Å². The molecule has 0 fully saturated rings. The van der Waals surface area contributed by atoms with Crippen molar-refractivity contribution in [2.75, 3.05) is 0 Å². The summed E-state index contributed by atoms with van der Waals surface area (Å²) in [6, 6.07) is 25.8. The van der Waals surface area contributed by atoms with Crippen molar-refractivity contribution >= 4 is 27.6 Å². The van der Waals surface area contributed by atoms with E-state index in [4.69, 9.17) is 13.1 Å². The number of nitrogens with zero attached hydrogens (tertiary/aromatic N) is 8. The van der Waals surface area contributed by atoms with Crippen LogP contribution in [-0.2, 0) is 40.2 Å². The van der Waals surface area contributed by atoms with Crippen molar-refractivity contribution in [3.63, 3.8) is 0 Å². The van der Waals surface area contributed by atoms with Gasteiger partial charge in [-0.25, -0.2) is 0 Å². The van der Waals surface area contributed by atoms with Crippen molar-refractivity contribution in [3.8, 4) is 34.2 Å². The molecule has 48 heavy (non-hydrogen) atoms. The normalized spacial score (nSPS) is 10.1. The van der Waals surface area contributed by atoms with Crippen molar-refractivity contribution in [2.24, 2.45) is 0 Å². The van der Waals surface area contributed by atoms with Gasteiger partial charge < -0.3 is 9.41 Å². The molecule has 0 saturated heterocycles. The second-order valence-electron chi connectivity index (χ2n) is 11.2. The van der Waals surface area contributed by atoms with Crippen molar-refractivity contribution < 1.29 is 40.2 Å². The van der Waals surface area contributed by atoms with Crippen LogP contribution in [0.4, 0.5) is 11.6 Å². The molecule has 0 saturated carbocycles. The van der Waals surface area contributed by atoms with Crippen molar-refractivity contribution in [1.82, 2.24) is 29.5 Å². The number of halogens is 1. The average Bonchev–Trinajstić information content (AvgIpc) is 3.60. The Morgan fingerprint density at radius 3 is 1.60 bits per heavy atom. The van der Waals surface area contributed by atoms with Gasteiger partial charge in [-0.1, -0.05) is 55.8 Å². The zero-order valence-corrected chi connectivity index (χ0v) is 33.8. The molecule has 11 heteroatoms. The molecule has 0 aliphatic carbocycles. The number of hydrogen-bond acceptors (Lipinski definition) is 4. The summed E-state index contributed by atoms with van der Waals surface area (Å²) in [7, 11) is 0. The van der Waals surface area contributed by atoms with Crippen LogP contribution >= 0.6 is 15.9 Å². The van der Waals surface area contributed by atoms with Gasteiger partial charge in [0.05, 0.1) is 18.1 Å². The first kappa shape index (κ1) is 38.4. The molecule has 2 radical (unpaired) electrons. The zero-order valence-electron chi connectivity index (χ0n) is 27.4. The molecular formula is C37H31BrIr2N8-2.